The maximum atomic E-state index is 12.0. The average molecular weight is 320 g/mol. The molecule has 8 nitrogen and oxygen atoms in total. The van der Waals surface area contributed by atoms with Crippen LogP contribution in [0.2, 0.25) is 0 Å². The van der Waals surface area contributed by atoms with Gasteiger partial charge < -0.3 is 10.1 Å². The van der Waals surface area contributed by atoms with Crippen molar-refractivity contribution < 1.29 is 5.11 Å². The van der Waals surface area contributed by atoms with Crippen molar-refractivity contribution in [3.8, 4) is 0 Å². The molecular weight excluding hydrogens is 304 g/mol. The lowest BCUT2D eigenvalue weighted by atomic mass is 10.4. The second-order valence-corrected chi connectivity index (χ2v) is 5.86. The summed E-state index contributed by atoms with van der Waals surface area (Å²) < 4.78 is 1.57. The van der Waals surface area contributed by atoms with E-state index in [4.69, 9.17) is 0 Å². The Hall–Kier alpha value is -2.10. The highest BCUT2D eigenvalue weighted by atomic mass is 32.1. The van der Waals surface area contributed by atoms with E-state index in [0.717, 1.165) is 5.01 Å². The summed E-state index contributed by atoms with van der Waals surface area (Å²) in [5.74, 6) is 0.547. The minimum atomic E-state index is -0.203. The van der Waals surface area contributed by atoms with Crippen LogP contribution >= 0.6 is 11.3 Å². The van der Waals surface area contributed by atoms with Crippen LogP contribution in [0, 0.1) is 0 Å². The second kappa shape index (κ2) is 6.34. The molecule has 116 valence electrons. The van der Waals surface area contributed by atoms with E-state index in [0.29, 0.717) is 36.5 Å². The van der Waals surface area contributed by atoms with E-state index < -0.39 is 0 Å². The van der Waals surface area contributed by atoms with Crippen molar-refractivity contribution >= 4 is 22.4 Å². The molecule has 0 spiro atoms. The molecule has 0 aromatic carbocycles. The molecule has 3 rings (SSSR count). The number of aliphatic hydroxyl groups excluding tert-OH is 1. The van der Waals surface area contributed by atoms with Crippen molar-refractivity contribution in [1.29, 1.82) is 0 Å². The number of aromatic nitrogens is 5. The van der Waals surface area contributed by atoms with Crippen LogP contribution < -0.4 is 5.56 Å². The minimum Gasteiger partial charge on any atom is -0.395 e. The molecule has 0 amide bonds. The highest BCUT2D eigenvalue weighted by molar-refractivity contribution is 7.09. The summed E-state index contributed by atoms with van der Waals surface area (Å²) in [4.78, 5) is 25.5. The Balaban J connectivity index is 1.85. The summed E-state index contributed by atoms with van der Waals surface area (Å²) >= 11 is 1.56. The first-order valence-electron chi connectivity index (χ1n) is 6.80. The first-order valence-corrected chi connectivity index (χ1v) is 7.68. The highest BCUT2D eigenvalue weighted by Gasteiger charge is 2.13. The number of aromatic amines is 1. The molecule has 0 saturated heterocycles. The van der Waals surface area contributed by atoms with Gasteiger partial charge in [-0.3, -0.25) is 14.4 Å². The van der Waals surface area contributed by atoms with Gasteiger partial charge in [0.2, 0.25) is 0 Å². The Morgan fingerprint density at radius 1 is 1.45 bits per heavy atom. The number of hydrogen-bond donors (Lipinski definition) is 2. The third-order valence-corrected chi connectivity index (χ3v) is 4.05. The van der Waals surface area contributed by atoms with Crippen molar-refractivity contribution in [3.63, 3.8) is 0 Å². The molecule has 0 fully saturated rings. The van der Waals surface area contributed by atoms with Gasteiger partial charge in [-0.2, -0.15) is 5.10 Å². The van der Waals surface area contributed by atoms with Gasteiger partial charge in [0.1, 0.15) is 16.2 Å². The normalized spacial score (nSPS) is 11.6. The predicted molar refractivity (Wildman–Crippen MR) is 82.4 cm³/mol. The molecule has 0 aliphatic rings. The van der Waals surface area contributed by atoms with Crippen LogP contribution in [0.3, 0.4) is 0 Å². The van der Waals surface area contributed by atoms with E-state index in [2.05, 4.69) is 20.1 Å². The summed E-state index contributed by atoms with van der Waals surface area (Å²) in [5, 5.41) is 16.6. The van der Waals surface area contributed by atoms with Crippen LogP contribution in [-0.2, 0) is 20.1 Å². The van der Waals surface area contributed by atoms with Crippen molar-refractivity contribution in [3.05, 3.63) is 39.0 Å². The van der Waals surface area contributed by atoms with Crippen LogP contribution in [0.5, 0.6) is 0 Å². The number of aryl methyl sites for hydroxylation is 1. The molecule has 3 heterocycles. The number of H-pyrrole nitrogens is 1. The Morgan fingerprint density at radius 2 is 2.32 bits per heavy atom. The fourth-order valence-electron chi connectivity index (χ4n) is 2.24. The third kappa shape index (κ3) is 3.06. The zero-order valence-corrected chi connectivity index (χ0v) is 12.9. The SMILES string of the molecule is Cn1ncc2c(=O)[nH]c(CN(CCO)Cc3nccs3)nc21. The topological polar surface area (TPSA) is 99.9 Å². The zero-order chi connectivity index (χ0) is 15.5. The van der Waals surface area contributed by atoms with E-state index in [1.54, 1.807) is 29.3 Å². The Kier molecular flexibility index (Phi) is 4.27. The van der Waals surface area contributed by atoms with Crippen LogP contribution in [0.4, 0.5) is 0 Å². The number of rotatable bonds is 6. The number of fused-ring (bicyclic) bond motifs is 1. The summed E-state index contributed by atoms with van der Waals surface area (Å²) in [5.41, 5.74) is 0.350. The smallest absolute Gasteiger partial charge is 0.262 e. The molecule has 3 aromatic heterocycles. The summed E-state index contributed by atoms with van der Waals surface area (Å²) in [6.45, 7) is 1.54. The van der Waals surface area contributed by atoms with Gasteiger partial charge in [0.05, 0.1) is 25.9 Å². The summed E-state index contributed by atoms with van der Waals surface area (Å²) in [6, 6.07) is 0. The lowest BCUT2D eigenvalue weighted by Crippen LogP contribution is -2.28. The lowest BCUT2D eigenvalue weighted by molar-refractivity contribution is 0.181. The van der Waals surface area contributed by atoms with E-state index >= 15 is 0 Å². The van der Waals surface area contributed by atoms with Crippen LogP contribution in [0.25, 0.3) is 11.0 Å². The summed E-state index contributed by atoms with van der Waals surface area (Å²) in [7, 11) is 1.75. The van der Waals surface area contributed by atoms with E-state index in [9.17, 15) is 9.90 Å². The third-order valence-electron chi connectivity index (χ3n) is 3.28. The Bertz CT molecular complexity index is 810. The average Bonchev–Trinajstić information content (AvgIpc) is 3.10. The van der Waals surface area contributed by atoms with Crippen molar-refractivity contribution in [2.45, 2.75) is 13.1 Å². The molecule has 0 aliphatic heterocycles. The van der Waals surface area contributed by atoms with Crippen molar-refractivity contribution in [2.24, 2.45) is 7.05 Å². The van der Waals surface area contributed by atoms with E-state index in [1.165, 1.54) is 6.20 Å². The molecule has 0 atom stereocenters. The van der Waals surface area contributed by atoms with Gasteiger partial charge >= 0.3 is 0 Å². The maximum absolute atomic E-state index is 12.0. The second-order valence-electron chi connectivity index (χ2n) is 4.88. The van der Waals surface area contributed by atoms with Gasteiger partial charge in [-0.15, -0.1) is 11.3 Å². The zero-order valence-electron chi connectivity index (χ0n) is 12.1. The summed E-state index contributed by atoms with van der Waals surface area (Å²) in [6.07, 6.45) is 3.25. The molecule has 2 N–H and O–H groups in total. The van der Waals surface area contributed by atoms with Crippen molar-refractivity contribution in [2.75, 3.05) is 13.2 Å². The van der Waals surface area contributed by atoms with Gasteiger partial charge in [0.25, 0.3) is 5.56 Å². The number of thiazole rings is 1. The van der Waals surface area contributed by atoms with E-state index in [1.807, 2.05) is 10.3 Å². The number of nitrogens with zero attached hydrogens (tertiary/aromatic N) is 5. The Labute approximate surface area is 130 Å². The molecule has 0 unspecified atom stereocenters. The van der Waals surface area contributed by atoms with Gasteiger partial charge in [-0.1, -0.05) is 0 Å². The van der Waals surface area contributed by atoms with Gasteiger partial charge in [0, 0.05) is 25.2 Å². The van der Waals surface area contributed by atoms with Gasteiger partial charge in [-0.05, 0) is 0 Å². The standard InChI is InChI=1S/C13H16N6O2S/c1-18-12-9(6-15-18)13(21)17-10(16-12)7-19(3-4-20)8-11-14-2-5-22-11/h2,5-6,20H,3-4,7-8H2,1H3,(H,16,17,21). The minimum absolute atomic E-state index is 0.0313. The fraction of sp³-hybridized carbons (Fsp3) is 0.385. The molecule has 9 heteroatoms. The lowest BCUT2D eigenvalue weighted by Gasteiger charge is -2.19. The fourth-order valence-corrected chi connectivity index (χ4v) is 2.90. The quantitative estimate of drug-likeness (QED) is 0.668. The maximum Gasteiger partial charge on any atom is 0.262 e. The molecular formula is C13H16N6O2S. The monoisotopic (exact) mass is 320 g/mol. The molecule has 3 aromatic rings. The first-order chi connectivity index (χ1) is 10.7. The number of nitrogens with one attached hydrogen (secondary N) is 1. The number of hydrogen-bond acceptors (Lipinski definition) is 7. The van der Waals surface area contributed by atoms with Crippen molar-refractivity contribution in [1.82, 2.24) is 29.6 Å². The number of aliphatic hydroxyl groups is 1. The predicted octanol–water partition coefficient (Wildman–Crippen LogP) is 0.108. The van der Waals surface area contributed by atoms with Crippen LogP contribution in [0.1, 0.15) is 10.8 Å². The molecule has 0 bridgehead atoms. The molecule has 0 saturated carbocycles. The van der Waals surface area contributed by atoms with Crippen LogP contribution in [-0.4, -0.2) is 47.9 Å². The highest BCUT2D eigenvalue weighted by Crippen LogP contribution is 2.11. The van der Waals surface area contributed by atoms with Gasteiger partial charge in [0.15, 0.2) is 5.65 Å². The molecule has 0 aliphatic carbocycles. The molecule has 0 radical (unpaired) electrons. The van der Waals surface area contributed by atoms with E-state index in [-0.39, 0.29) is 12.2 Å². The Morgan fingerprint density at radius 3 is 3.05 bits per heavy atom. The largest absolute Gasteiger partial charge is 0.395 e. The van der Waals surface area contributed by atoms with Crippen LogP contribution in [0.15, 0.2) is 22.6 Å². The van der Waals surface area contributed by atoms with Gasteiger partial charge in [-0.25, -0.2) is 9.97 Å². The molecule has 22 heavy (non-hydrogen) atoms. The first kappa shape index (κ1) is 14.8.